The molecule has 0 spiro atoms. The Morgan fingerprint density at radius 3 is 3.14 bits per heavy atom. The monoisotopic (exact) mass is 192 g/mol. The fourth-order valence-electron chi connectivity index (χ4n) is 0.997. The first kappa shape index (κ1) is 8.79. The van der Waals surface area contributed by atoms with Crippen LogP contribution in [0.3, 0.4) is 0 Å². The normalized spacial score (nSPS) is 10.4. The van der Waals surface area contributed by atoms with Crippen molar-refractivity contribution in [3.63, 3.8) is 0 Å². The predicted octanol–water partition coefficient (Wildman–Crippen LogP) is 0.522. The molecule has 6 nitrogen and oxygen atoms in total. The van der Waals surface area contributed by atoms with Gasteiger partial charge in [0, 0.05) is 18.0 Å². The van der Waals surface area contributed by atoms with E-state index in [1.54, 1.807) is 18.5 Å². The summed E-state index contributed by atoms with van der Waals surface area (Å²) >= 11 is 0. The summed E-state index contributed by atoms with van der Waals surface area (Å²) in [5.74, 6) is 5.68. The minimum atomic E-state index is 0.104. The minimum Gasteiger partial charge on any atom is -0.336 e. The number of nitrogens with two attached hydrogens (primary N) is 1. The quantitative estimate of drug-likeness (QED) is 0.713. The summed E-state index contributed by atoms with van der Waals surface area (Å²) in [6, 6.07) is 3.63. The van der Waals surface area contributed by atoms with E-state index in [9.17, 15) is 0 Å². The average molecular weight is 192 g/mol. The molecule has 0 aliphatic rings. The third-order valence-electron chi connectivity index (χ3n) is 1.59. The van der Waals surface area contributed by atoms with Gasteiger partial charge in [0.05, 0.1) is 0 Å². The number of aromatic nitrogens is 3. The van der Waals surface area contributed by atoms with Crippen molar-refractivity contribution in [1.82, 2.24) is 15.1 Å². The minimum absolute atomic E-state index is 0.104. The summed E-state index contributed by atoms with van der Waals surface area (Å²) in [5.41, 5.74) is 0.791. The molecule has 2 aromatic heterocycles. The van der Waals surface area contributed by atoms with Crippen molar-refractivity contribution in [2.24, 2.45) is 5.90 Å². The molecule has 0 atom stereocenters. The van der Waals surface area contributed by atoms with Gasteiger partial charge in [-0.15, -0.1) is 0 Å². The maximum atomic E-state index is 4.87. The van der Waals surface area contributed by atoms with Crippen molar-refractivity contribution in [2.75, 3.05) is 0 Å². The van der Waals surface area contributed by atoms with Gasteiger partial charge in [0.1, 0.15) is 6.61 Å². The molecule has 2 aromatic rings. The van der Waals surface area contributed by atoms with E-state index in [0.717, 1.165) is 5.56 Å². The van der Waals surface area contributed by atoms with Gasteiger partial charge in [-0.25, -0.2) is 5.90 Å². The van der Waals surface area contributed by atoms with E-state index in [1.807, 2.05) is 6.07 Å². The summed E-state index contributed by atoms with van der Waals surface area (Å²) in [4.78, 5) is 12.4. The third-order valence-corrected chi connectivity index (χ3v) is 1.59. The van der Waals surface area contributed by atoms with Gasteiger partial charge in [0.15, 0.2) is 0 Å². The van der Waals surface area contributed by atoms with Crippen LogP contribution >= 0.6 is 0 Å². The maximum absolute atomic E-state index is 4.87. The van der Waals surface area contributed by atoms with Crippen molar-refractivity contribution in [3.05, 3.63) is 30.4 Å². The second kappa shape index (κ2) is 3.95. The molecule has 0 aliphatic heterocycles. The van der Waals surface area contributed by atoms with Gasteiger partial charge < -0.3 is 4.52 Å². The van der Waals surface area contributed by atoms with Crippen LogP contribution < -0.4 is 5.90 Å². The number of hydrogen-bond donors (Lipinski definition) is 1. The first-order valence-corrected chi connectivity index (χ1v) is 3.95. The predicted molar refractivity (Wildman–Crippen MR) is 46.5 cm³/mol. The van der Waals surface area contributed by atoms with E-state index in [0.29, 0.717) is 11.7 Å². The van der Waals surface area contributed by atoms with Crippen molar-refractivity contribution >= 4 is 0 Å². The molecule has 0 fully saturated rings. The zero-order valence-electron chi connectivity index (χ0n) is 7.25. The molecule has 0 aliphatic carbocycles. The van der Waals surface area contributed by atoms with E-state index in [4.69, 9.17) is 10.4 Å². The van der Waals surface area contributed by atoms with Crippen LogP contribution in [-0.4, -0.2) is 15.1 Å². The second-order valence-corrected chi connectivity index (χ2v) is 2.56. The lowest BCUT2D eigenvalue weighted by molar-refractivity contribution is 0.0996. The van der Waals surface area contributed by atoms with Gasteiger partial charge in [0.25, 0.3) is 5.89 Å². The lowest BCUT2D eigenvalue weighted by Crippen LogP contribution is -1.98. The van der Waals surface area contributed by atoms with Crippen molar-refractivity contribution < 1.29 is 9.36 Å². The van der Waals surface area contributed by atoms with E-state index in [-0.39, 0.29) is 6.61 Å². The van der Waals surface area contributed by atoms with Crippen LogP contribution in [0.5, 0.6) is 0 Å². The summed E-state index contributed by atoms with van der Waals surface area (Å²) in [6.45, 7) is 0.104. The number of nitrogens with zero attached hydrogens (tertiary/aromatic N) is 3. The second-order valence-electron chi connectivity index (χ2n) is 2.56. The largest absolute Gasteiger partial charge is 0.336 e. The standard InChI is InChI=1S/C8H8N4O2/c9-13-5-7-11-8(12-14-7)6-2-1-3-10-4-6/h1-4H,5,9H2. The summed E-state index contributed by atoms with van der Waals surface area (Å²) in [5, 5.41) is 3.74. The number of rotatable bonds is 3. The fraction of sp³-hybridized carbons (Fsp3) is 0.125. The summed E-state index contributed by atoms with van der Waals surface area (Å²) in [6.07, 6.45) is 3.32. The number of hydrogen-bond acceptors (Lipinski definition) is 6. The molecule has 0 amide bonds. The Bertz CT molecular complexity index is 401. The van der Waals surface area contributed by atoms with Crippen molar-refractivity contribution in [3.8, 4) is 11.4 Å². The molecular formula is C8H8N4O2. The van der Waals surface area contributed by atoms with Crippen LogP contribution in [-0.2, 0) is 11.4 Å². The van der Waals surface area contributed by atoms with E-state index >= 15 is 0 Å². The molecule has 2 heterocycles. The highest BCUT2D eigenvalue weighted by atomic mass is 16.6. The van der Waals surface area contributed by atoms with Gasteiger partial charge in [-0.1, -0.05) is 5.16 Å². The Kier molecular flexibility index (Phi) is 2.48. The Morgan fingerprint density at radius 2 is 2.43 bits per heavy atom. The maximum Gasteiger partial charge on any atom is 0.255 e. The molecule has 72 valence electrons. The van der Waals surface area contributed by atoms with Crippen LogP contribution in [0.2, 0.25) is 0 Å². The molecule has 0 bridgehead atoms. The molecule has 2 rings (SSSR count). The Morgan fingerprint density at radius 1 is 1.50 bits per heavy atom. The first-order valence-electron chi connectivity index (χ1n) is 3.95. The number of pyridine rings is 1. The highest BCUT2D eigenvalue weighted by Gasteiger charge is 2.07. The van der Waals surface area contributed by atoms with E-state index in [1.165, 1.54) is 0 Å². The Balaban J connectivity index is 2.25. The first-order chi connectivity index (χ1) is 6.90. The smallest absolute Gasteiger partial charge is 0.255 e. The van der Waals surface area contributed by atoms with E-state index in [2.05, 4.69) is 20.0 Å². The lowest BCUT2D eigenvalue weighted by Gasteiger charge is -1.89. The molecule has 0 unspecified atom stereocenters. The Labute approximate surface area is 79.7 Å². The highest BCUT2D eigenvalue weighted by Crippen LogP contribution is 2.13. The molecule has 0 saturated heterocycles. The molecule has 0 saturated carbocycles. The zero-order valence-corrected chi connectivity index (χ0v) is 7.25. The molecule has 6 heteroatoms. The van der Waals surface area contributed by atoms with Gasteiger partial charge in [-0.3, -0.25) is 9.82 Å². The third kappa shape index (κ3) is 1.76. The van der Waals surface area contributed by atoms with Crippen LogP contribution in [0.4, 0.5) is 0 Å². The molecule has 2 N–H and O–H groups in total. The fourth-order valence-corrected chi connectivity index (χ4v) is 0.997. The van der Waals surface area contributed by atoms with Crippen molar-refractivity contribution in [1.29, 1.82) is 0 Å². The highest BCUT2D eigenvalue weighted by molar-refractivity contribution is 5.51. The SMILES string of the molecule is NOCc1nc(-c2cccnc2)no1. The average Bonchev–Trinajstić information content (AvgIpc) is 2.68. The summed E-state index contributed by atoms with van der Waals surface area (Å²) in [7, 11) is 0. The molecular weight excluding hydrogens is 184 g/mol. The topological polar surface area (TPSA) is 87.1 Å². The zero-order chi connectivity index (χ0) is 9.80. The lowest BCUT2D eigenvalue weighted by atomic mass is 10.3. The molecule has 0 radical (unpaired) electrons. The molecule has 14 heavy (non-hydrogen) atoms. The summed E-state index contributed by atoms with van der Waals surface area (Å²) < 4.78 is 4.87. The van der Waals surface area contributed by atoms with Gasteiger partial charge in [-0.2, -0.15) is 4.98 Å². The van der Waals surface area contributed by atoms with E-state index < -0.39 is 0 Å². The molecule has 0 aromatic carbocycles. The van der Waals surface area contributed by atoms with Crippen LogP contribution in [0.1, 0.15) is 5.89 Å². The van der Waals surface area contributed by atoms with Gasteiger partial charge in [0.2, 0.25) is 5.82 Å². The van der Waals surface area contributed by atoms with Crippen LogP contribution in [0.15, 0.2) is 29.0 Å². The van der Waals surface area contributed by atoms with Gasteiger partial charge in [-0.05, 0) is 12.1 Å². The van der Waals surface area contributed by atoms with Crippen LogP contribution in [0.25, 0.3) is 11.4 Å². The van der Waals surface area contributed by atoms with Crippen LogP contribution in [0, 0.1) is 0 Å². The van der Waals surface area contributed by atoms with Crippen molar-refractivity contribution in [2.45, 2.75) is 6.61 Å². The van der Waals surface area contributed by atoms with Gasteiger partial charge >= 0.3 is 0 Å². The Hall–Kier alpha value is -1.79.